The summed E-state index contributed by atoms with van der Waals surface area (Å²) in [5.41, 5.74) is 5.41. The Hall–Kier alpha value is -0.530. The highest BCUT2D eigenvalue weighted by Crippen LogP contribution is 2.50. The van der Waals surface area contributed by atoms with Crippen molar-refractivity contribution in [2.75, 3.05) is 0 Å². The number of hydrogen-bond acceptors (Lipinski definition) is 1. The molecule has 0 saturated heterocycles. The standard InChI is InChI=1S/C8H15NO/c1-8(2,3)6-4-5(6)7(9)10/h5-6H,4H2,1-3H3,(H2,9,10)/t5-,6+/m0/s1. The number of carbonyl (C=O) groups is 1. The summed E-state index contributed by atoms with van der Waals surface area (Å²) < 4.78 is 0. The van der Waals surface area contributed by atoms with Gasteiger partial charge < -0.3 is 5.73 Å². The minimum Gasteiger partial charge on any atom is -0.369 e. The van der Waals surface area contributed by atoms with Crippen molar-refractivity contribution in [3.8, 4) is 0 Å². The minimum atomic E-state index is -0.125. The van der Waals surface area contributed by atoms with Crippen LogP contribution in [-0.2, 0) is 4.79 Å². The molecule has 0 heterocycles. The molecule has 0 radical (unpaired) electrons. The number of nitrogens with two attached hydrogens (primary N) is 1. The Morgan fingerprint density at radius 3 is 2.10 bits per heavy atom. The van der Waals surface area contributed by atoms with E-state index in [-0.39, 0.29) is 17.2 Å². The number of rotatable bonds is 1. The van der Waals surface area contributed by atoms with E-state index in [0.29, 0.717) is 5.92 Å². The third-order valence-electron chi connectivity index (χ3n) is 2.27. The lowest BCUT2D eigenvalue weighted by atomic mass is 9.89. The summed E-state index contributed by atoms with van der Waals surface area (Å²) in [6.45, 7) is 6.46. The molecular weight excluding hydrogens is 126 g/mol. The number of primary amides is 1. The fourth-order valence-corrected chi connectivity index (χ4v) is 1.47. The molecule has 0 aromatic carbocycles. The van der Waals surface area contributed by atoms with Crippen molar-refractivity contribution in [2.45, 2.75) is 27.2 Å². The maximum absolute atomic E-state index is 10.6. The van der Waals surface area contributed by atoms with Gasteiger partial charge in [-0.25, -0.2) is 0 Å². The van der Waals surface area contributed by atoms with Gasteiger partial charge in [-0.3, -0.25) is 4.79 Å². The predicted molar refractivity (Wildman–Crippen MR) is 40.2 cm³/mol. The minimum absolute atomic E-state index is 0.125. The predicted octanol–water partition coefficient (Wildman–Crippen LogP) is 1.15. The van der Waals surface area contributed by atoms with Gasteiger partial charge in [-0.15, -0.1) is 0 Å². The highest BCUT2D eigenvalue weighted by atomic mass is 16.1. The molecule has 2 N–H and O–H groups in total. The molecule has 0 unspecified atom stereocenters. The first kappa shape index (κ1) is 7.58. The van der Waals surface area contributed by atoms with Crippen molar-refractivity contribution in [3.05, 3.63) is 0 Å². The molecule has 0 aliphatic heterocycles. The Bertz CT molecular complexity index is 157. The Kier molecular flexibility index (Phi) is 1.50. The van der Waals surface area contributed by atoms with Gasteiger partial charge in [0.2, 0.25) is 5.91 Å². The summed E-state index contributed by atoms with van der Waals surface area (Å²) in [7, 11) is 0. The molecule has 1 aliphatic carbocycles. The first-order valence-electron chi connectivity index (χ1n) is 3.72. The molecule has 10 heavy (non-hydrogen) atoms. The molecule has 0 bridgehead atoms. The molecule has 1 rings (SSSR count). The van der Waals surface area contributed by atoms with Gasteiger partial charge in [0.25, 0.3) is 0 Å². The Morgan fingerprint density at radius 2 is 2.00 bits per heavy atom. The Labute approximate surface area is 61.8 Å². The van der Waals surface area contributed by atoms with E-state index in [0.717, 1.165) is 6.42 Å². The average molecular weight is 141 g/mol. The van der Waals surface area contributed by atoms with Crippen LogP contribution in [0.4, 0.5) is 0 Å². The lowest BCUT2D eigenvalue weighted by molar-refractivity contribution is -0.119. The van der Waals surface area contributed by atoms with Gasteiger partial charge in [0.15, 0.2) is 0 Å². The van der Waals surface area contributed by atoms with Crippen LogP contribution in [0.3, 0.4) is 0 Å². The topological polar surface area (TPSA) is 43.1 Å². The van der Waals surface area contributed by atoms with E-state index in [9.17, 15) is 4.79 Å². The van der Waals surface area contributed by atoms with E-state index in [4.69, 9.17) is 5.73 Å². The summed E-state index contributed by atoms with van der Waals surface area (Å²) >= 11 is 0. The van der Waals surface area contributed by atoms with Crippen molar-refractivity contribution in [2.24, 2.45) is 23.0 Å². The third-order valence-corrected chi connectivity index (χ3v) is 2.27. The van der Waals surface area contributed by atoms with Gasteiger partial charge in [0, 0.05) is 5.92 Å². The smallest absolute Gasteiger partial charge is 0.220 e. The molecule has 2 heteroatoms. The fraction of sp³-hybridized carbons (Fsp3) is 0.875. The van der Waals surface area contributed by atoms with E-state index in [1.165, 1.54) is 0 Å². The van der Waals surface area contributed by atoms with Crippen LogP contribution in [0, 0.1) is 17.3 Å². The van der Waals surface area contributed by atoms with Gasteiger partial charge >= 0.3 is 0 Å². The first-order chi connectivity index (χ1) is 4.43. The molecule has 0 spiro atoms. The van der Waals surface area contributed by atoms with Crippen molar-refractivity contribution in [1.82, 2.24) is 0 Å². The highest BCUT2D eigenvalue weighted by Gasteiger charge is 2.48. The number of amides is 1. The van der Waals surface area contributed by atoms with E-state index in [1.54, 1.807) is 0 Å². The maximum atomic E-state index is 10.6. The molecule has 1 saturated carbocycles. The van der Waals surface area contributed by atoms with Crippen LogP contribution in [0.2, 0.25) is 0 Å². The second-order valence-electron chi connectivity index (χ2n) is 4.22. The SMILES string of the molecule is CC(C)(C)[C@@H]1C[C@@H]1C(N)=O. The van der Waals surface area contributed by atoms with Crippen molar-refractivity contribution in [3.63, 3.8) is 0 Å². The monoisotopic (exact) mass is 141 g/mol. The zero-order chi connectivity index (χ0) is 7.94. The second-order valence-corrected chi connectivity index (χ2v) is 4.22. The third kappa shape index (κ3) is 1.31. The van der Waals surface area contributed by atoms with Crippen LogP contribution in [0.15, 0.2) is 0 Å². The van der Waals surface area contributed by atoms with Gasteiger partial charge in [-0.05, 0) is 17.8 Å². The van der Waals surface area contributed by atoms with E-state index >= 15 is 0 Å². The second kappa shape index (κ2) is 1.97. The average Bonchev–Trinajstić information content (AvgIpc) is 2.35. The Balaban J connectivity index is 2.46. The maximum Gasteiger partial charge on any atom is 0.220 e. The summed E-state index contributed by atoms with van der Waals surface area (Å²) in [5.74, 6) is 0.574. The highest BCUT2D eigenvalue weighted by molar-refractivity contribution is 5.79. The lowest BCUT2D eigenvalue weighted by Crippen LogP contribution is -2.18. The fourth-order valence-electron chi connectivity index (χ4n) is 1.47. The van der Waals surface area contributed by atoms with Gasteiger partial charge in [-0.1, -0.05) is 20.8 Å². The summed E-state index contributed by atoms with van der Waals surface area (Å²) in [6, 6.07) is 0. The molecule has 2 atom stereocenters. The zero-order valence-corrected chi connectivity index (χ0v) is 6.85. The van der Waals surface area contributed by atoms with Crippen molar-refractivity contribution >= 4 is 5.91 Å². The van der Waals surface area contributed by atoms with Gasteiger partial charge in [0.05, 0.1) is 0 Å². The zero-order valence-electron chi connectivity index (χ0n) is 6.85. The normalized spacial score (nSPS) is 31.9. The molecule has 1 aliphatic rings. The quantitative estimate of drug-likeness (QED) is 0.585. The van der Waals surface area contributed by atoms with Crippen LogP contribution in [-0.4, -0.2) is 5.91 Å². The lowest BCUT2D eigenvalue weighted by Gasteiger charge is -2.16. The molecule has 58 valence electrons. The van der Waals surface area contributed by atoms with Crippen LogP contribution < -0.4 is 5.73 Å². The molecular formula is C8H15NO. The van der Waals surface area contributed by atoms with Gasteiger partial charge in [-0.2, -0.15) is 0 Å². The van der Waals surface area contributed by atoms with Crippen LogP contribution in [0.5, 0.6) is 0 Å². The van der Waals surface area contributed by atoms with Crippen molar-refractivity contribution in [1.29, 1.82) is 0 Å². The van der Waals surface area contributed by atoms with E-state index in [2.05, 4.69) is 20.8 Å². The van der Waals surface area contributed by atoms with E-state index in [1.807, 2.05) is 0 Å². The summed E-state index contributed by atoms with van der Waals surface area (Å²) in [5, 5.41) is 0. The molecule has 1 fully saturated rings. The first-order valence-corrected chi connectivity index (χ1v) is 3.72. The summed E-state index contributed by atoms with van der Waals surface area (Å²) in [4.78, 5) is 10.6. The van der Waals surface area contributed by atoms with Crippen molar-refractivity contribution < 1.29 is 4.79 Å². The van der Waals surface area contributed by atoms with Crippen LogP contribution in [0.25, 0.3) is 0 Å². The Morgan fingerprint density at radius 1 is 1.50 bits per heavy atom. The number of carbonyl (C=O) groups excluding carboxylic acids is 1. The number of hydrogen-bond donors (Lipinski definition) is 1. The molecule has 0 aromatic rings. The molecule has 2 nitrogen and oxygen atoms in total. The van der Waals surface area contributed by atoms with Crippen LogP contribution >= 0.6 is 0 Å². The molecule has 1 amide bonds. The largest absolute Gasteiger partial charge is 0.369 e. The van der Waals surface area contributed by atoms with Crippen LogP contribution in [0.1, 0.15) is 27.2 Å². The summed E-state index contributed by atoms with van der Waals surface area (Å²) in [6.07, 6.45) is 0.999. The molecule has 0 aromatic heterocycles. The van der Waals surface area contributed by atoms with Gasteiger partial charge in [0.1, 0.15) is 0 Å². The van der Waals surface area contributed by atoms with E-state index < -0.39 is 0 Å².